The van der Waals surface area contributed by atoms with Crippen molar-refractivity contribution in [3.63, 3.8) is 0 Å². The number of sulfonamides is 1. The van der Waals surface area contributed by atoms with Gasteiger partial charge in [-0.2, -0.15) is 4.31 Å². The van der Waals surface area contributed by atoms with Crippen LogP contribution in [0.1, 0.15) is 29.5 Å². The van der Waals surface area contributed by atoms with E-state index in [2.05, 4.69) is 10.6 Å². The second kappa shape index (κ2) is 9.57. The molecule has 0 bridgehead atoms. The third-order valence-electron chi connectivity index (χ3n) is 5.32. The van der Waals surface area contributed by atoms with Crippen molar-refractivity contribution in [1.82, 2.24) is 14.9 Å². The van der Waals surface area contributed by atoms with E-state index in [0.717, 1.165) is 5.56 Å². The molecule has 1 aliphatic rings. The molecule has 0 aliphatic carbocycles. The third-order valence-corrected chi connectivity index (χ3v) is 7.42. The zero-order valence-corrected chi connectivity index (χ0v) is 18.3. The van der Waals surface area contributed by atoms with Gasteiger partial charge in [-0.15, -0.1) is 0 Å². The van der Waals surface area contributed by atoms with E-state index >= 15 is 0 Å². The number of amides is 2. The molecule has 2 aromatic rings. The fraction of sp³-hybridized carbons (Fsp3) is 0.364. The van der Waals surface area contributed by atoms with Crippen LogP contribution in [0.3, 0.4) is 0 Å². The molecule has 7 nitrogen and oxygen atoms in total. The van der Waals surface area contributed by atoms with E-state index in [1.54, 1.807) is 19.1 Å². The van der Waals surface area contributed by atoms with Gasteiger partial charge in [0, 0.05) is 25.7 Å². The molecule has 0 saturated carbocycles. The van der Waals surface area contributed by atoms with Crippen LogP contribution in [0, 0.1) is 19.7 Å². The van der Waals surface area contributed by atoms with Gasteiger partial charge in [0.1, 0.15) is 5.82 Å². The molecule has 2 amide bonds. The van der Waals surface area contributed by atoms with Crippen LogP contribution in [0.2, 0.25) is 0 Å². The summed E-state index contributed by atoms with van der Waals surface area (Å²) in [5.74, 6) is -2.05. The number of rotatable bonds is 6. The molecule has 1 aliphatic heterocycles. The lowest BCUT2D eigenvalue weighted by molar-refractivity contribution is -0.139. The largest absolute Gasteiger partial charge is 0.346 e. The van der Waals surface area contributed by atoms with Crippen molar-refractivity contribution >= 4 is 21.8 Å². The van der Waals surface area contributed by atoms with Crippen molar-refractivity contribution in [2.45, 2.75) is 44.2 Å². The molecule has 0 radical (unpaired) electrons. The second-order valence-corrected chi connectivity index (χ2v) is 9.56. The van der Waals surface area contributed by atoms with Crippen LogP contribution in [-0.4, -0.2) is 43.7 Å². The SMILES string of the molecule is Cc1ccc(C)c(S(=O)(=O)N2CCC[C@@H]2CNC(=O)C(=O)NCc2ccc(F)cc2)c1. The number of benzene rings is 2. The summed E-state index contributed by atoms with van der Waals surface area (Å²) in [5.41, 5.74) is 2.18. The zero-order chi connectivity index (χ0) is 22.6. The standard InChI is InChI=1S/C22H26FN3O4S/c1-15-5-6-16(2)20(12-15)31(29,30)26-11-3-4-19(26)14-25-22(28)21(27)24-13-17-7-9-18(23)10-8-17/h5-10,12,19H,3-4,11,13-14H2,1-2H3,(H,24,27)(H,25,28)/t19-/m1/s1. The van der Waals surface area contributed by atoms with Gasteiger partial charge in [0.15, 0.2) is 0 Å². The Bertz CT molecular complexity index is 1070. The molecule has 3 rings (SSSR count). The number of hydrogen-bond donors (Lipinski definition) is 2. The molecule has 1 heterocycles. The number of nitrogens with one attached hydrogen (secondary N) is 2. The molecule has 0 aromatic heterocycles. The number of nitrogens with zero attached hydrogens (tertiary/aromatic N) is 1. The third kappa shape index (κ3) is 5.48. The van der Waals surface area contributed by atoms with E-state index in [-0.39, 0.29) is 23.8 Å². The molecule has 9 heteroatoms. The van der Waals surface area contributed by atoms with Gasteiger partial charge in [-0.05, 0) is 61.6 Å². The predicted octanol–water partition coefficient (Wildman–Crippen LogP) is 2.03. The van der Waals surface area contributed by atoms with Crippen molar-refractivity contribution < 1.29 is 22.4 Å². The number of carbonyl (C=O) groups is 2. The molecule has 0 spiro atoms. The average Bonchev–Trinajstić information content (AvgIpc) is 3.22. The van der Waals surface area contributed by atoms with Gasteiger partial charge in [0.25, 0.3) is 0 Å². The average molecular weight is 448 g/mol. The minimum atomic E-state index is -3.71. The zero-order valence-electron chi connectivity index (χ0n) is 17.5. The number of halogens is 1. The molecule has 0 unspecified atom stereocenters. The first-order chi connectivity index (χ1) is 14.7. The number of hydrogen-bond acceptors (Lipinski definition) is 4. The molecule has 2 aromatic carbocycles. The van der Waals surface area contributed by atoms with Crippen LogP contribution in [0.15, 0.2) is 47.4 Å². The molecule has 1 atom stereocenters. The van der Waals surface area contributed by atoms with Gasteiger partial charge in [-0.1, -0.05) is 24.3 Å². The lowest BCUT2D eigenvalue weighted by Gasteiger charge is -2.25. The Morgan fingerprint density at radius 3 is 2.45 bits per heavy atom. The summed E-state index contributed by atoms with van der Waals surface area (Å²) in [6.45, 7) is 4.10. The molecule has 31 heavy (non-hydrogen) atoms. The highest BCUT2D eigenvalue weighted by molar-refractivity contribution is 7.89. The summed E-state index contributed by atoms with van der Waals surface area (Å²) in [5, 5.41) is 5.00. The Morgan fingerprint density at radius 2 is 1.74 bits per heavy atom. The lowest BCUT2D eigenvalue weighted by atomic mass is 10.2. The normalized spacial score (nSPS) is 16.8. The van der Waals surface area contributed by atoms with Crippen LogP contribution in [0.5, 0.6) is 0 Å². The summed E-state index contributed by atoms with van der Waals surface area (Å²) in [6.07, 6.45) is 1.28. The summed E-state index contributed by atoms with van der Waals surface area (Å²) in [6, 6.07) is 10.4. The fourth-order valence-electron chi connectivity index (χ4n) is 3.60. The summed E-state index contributed by atoms with van der Waals surface area (Å²) in [7, 11) is -3.71. The van der Waals surface area contributed by atoms with Gasteiger partial charge in [0.2, 0.25) is 10.0 Å². The lowest BCUT2D eigenvalue weighted by Crippen LogP contribution is -2.46. The summed E-state index contributed by atoms with van der Waals surface area (Å²) >= 11 is 0. The topological polar surface area (TPSA) is 95.6 Å². The number of aryl methyl sites for hydroxylation is 2. The number of carbonyl (C=O) groups excluding carboxylic acids is 2. The van der Waals surface area contributed by atoms with Gasteiger partial charge >= 0.3 is 11.8 Å². The van der Waals surface area contributed by atoms with Crippen molar-refractivity contribution in [3.8, 4) is 0 Å². The van der Waals surface area contributed by atoms with Crippen molar-refractivity contribution in [3.05, 3.63) is 65.0 Å². The highest BCUT2D eigenvalue weighted by atomic mass is 32.2. The van der Waals surface area contributed by atoms with E-state index in [1.807, 2.05) is 13.0 Å². The van der Waals surface area contributed by atoms with Crippen molar-refractivity contribution in [2.24, 2.45) is 0 Å². The first kappa shape index (κ1) is 22.9. The molecular weight excluding hydrogens is 421 g/mol. The maximum atomic E-state index is 13.2. The second-order valence-electron chi connectivity index (χ2n) is 7.70. The van der Waals surface area contributed by atoms with Crippen LogP contribution in [-0.2, 0) is 26.2 Å². The maximum absolute atomic E-state index is 13.2. The predicted molar refractivity (Wildman–Crippen MR) is 114 cm³/mol. The van der Waals surface area contributed by atoms with Crippen LogP contribution in [0.25, 0.3) is 0 Å². The fourth-order valence-corrected chi connectivity index (χ4v) is 5.60. The monoisotopic (exact) mass is 447 g/mol. The molecule has 1 saturated heterocycles. The van der Waals surface area contributed by atoms with E-state index in [9.17, 15) is 22.4 Å². The molecule has 1 fully saturated rings. The maximum Gasteiger partial charge on any atom is 0.309 e. The Kier molecular flexibility index (Phi) is 7.07. The Hall–Kier alpha value is -2.78. The highest BCUT2D eigenvalue weighted by Crippen LogP contribution is 2.28. The minimum Gasteiger partial charge on any atom is -0.346 e. The smallest absolute Gasteiger partial charge is 0.309 e. The summed E-state index contributed by atoms with van der Waals surface area (Å²) < 4.78 is 40.7. The molecular formula is C22H26FN3O4S. The van der Waals surface area contributed by atoms with Gasteiger partial charge < -0.3 is 10.6 Å². The van der Waals surface area contributed by atoms with E-state index in [4.69, 9.17) is 0 Å². The Morgan fingerprint density at radius 1 is 1.06 bits per heavy atom. The molecule has 166 valence electrons. The van der Waals surface area contributed by atoms with Gasteiger partial charge in [-0.25, -0.2) is 12.8 Å². The van der Waals surface area contributed by atoms with E-state index in [0.29, 0.717) is 30.5 Å². The molecule has 2 N–H and O–H groups in total. The highest BCUT2D eigenvalue weighted by Gasteiger charge is 2.36. The Labute approximate surface area is 181 Å². The van der Waals surface area contributed by atoms with E-state index in [1.165, 1.54) is 28.6 Å². The van der Waals surface area contributed by atoms with Gasteiger partial charge in [-0.3, -0.25) is 9.59 Å². The van der Waals surface area contributed by atoms with Crippen molar-refractivity contribution in [1.29, 1.82) is 0 Å². The van der Waals surface area contributed by atoms with Gasteiger partial charge in [0.05, 0.1) is 4.90 Å². The first-order valence-electron chi connectivity index (χ1n) is 10.1. The first-order valence-corrected chi connectivity index (χ1v) is 11.5. The Balaban J connectivity index is 1.59. The summed E-state index contributed by atoms with van der Waals surface area (Å²) in [4.78, 5) is 24.5. The van der Waals surface area contributed by atoms with Crippen LogP contribution >= 0.6 is 0 Å². The minimum absolute atomic E-state index is 0.0485. The van der Waals surface area contributed by atoms with Crippen molar-refractivity contribution in [2.75, 3.05) is 13.1 Å². The van der Waals surface area contributed by atoms with E-state index < -0.39 is 27.9 Å². The quantitative estimate of drug-likeness (QED) is 0.663. The van der Waals surface area contributed by atoms with Crippen LogP contribution in [0.4, 0.5) is 4.39 Å². The van der Waals surface area contributed by atoms with Crippen LogP contribution < -0.4 is 10.6 Å².